The zero-order valence-corrected chi connectivity index (χ0v) is 14.0. The Bertz CT molecular complexity index is 760. The molecule has 2 aromatic carbocycles. The van der Waals surface area contributed by atoms with Gasteiger partial charge in [0, 0.05) is 11.3 Å². The minimum atomic E-state index is -0.410. The molecule has 2 amide bonds. The third-order valence-electron chi connectivity index (χ3n) is 3.29. The van der Waals surface area contributed by atoms with Crippen LogP contribution in [0.15, 0.2) is 36.4 Å². The van der Waals surface area contributed by atoms with Crippen molar-refractivity contribution in [2.24, 2.45) is 5.73 Å². The summed E-state index contributed by atoms with van der Waals surface area (Å²) in [4.78, 5) is 23.2. The number of nitrogens with one attached hydrogen (secondary N) is 1. The van der Waals surface area contributed by atoms with Crippen LogP contribution in [0.3, 0.4) is 0 Å². The van der Waals surface area contributed by atoms with Crippen molar-refractivity contribution in [2.75, 3.05) is 19.5 Å². The zero-order chi connectivity index (χ0) is 17.7. The molecule has 0 heterocycles. The summed E-state index contributed by atoms with van der Waals surface area (Å²) in [5.74, 6) is -0.0225. The van der Waals surface area contributed by atoms with Crippen LogP contribution < -0.4 is 20.5 Å². The monoisotopic (exact) mass is 348 g/mol. The van der Waals surface area contributed by atoms with Gasteiger partial charge in [-0.25, -0.2) is 0 Å². The van der Waals surface area contributed by atoms with E-state index in [1.165, 1.54) is 20.3 Å². The molecule has 0 saturated heterocycles. The number of carbonyl (C=O) groups excluding carboxylic acids is 2. The van der Waals surface area contributed by atoms with E-state index in [2.05, 4.69) is 5.32 Å². The first-order valence-corrected chi connectivity index (χ1v) is 7.42. The fourth-order valence-corrected chi connectivity index (χ4v) is 2.45. The molecule has 6 nitrogen and oxygen atoms in total. The Hall–Kier alpha value is -2.73. The van der Waals surface area contributed by atoms with E-state index in [-0.39, 0.29) is 17.4 Å². The summed E-state index contributed by atoms with van der Waals surface area (Å²) in [5.41, 5.74) is 6.83. The van der Waals surface area contributed by atoms with Crippen LogP contribution >= 0.6 is 11.6 Å². The Labute approximate surface area is 144 Å². The molecule has 0 aliphatic heterocycles. The van der Waals surface area contributed by atoms with Gasteiger partial charge in [-0.3, -0.25) is 9.59 Å². The Morgan fingerprint density at radius 3 is 2.33 bits per heavy atom. The molecule has 126 valence electrons. The maximum Gasteiger partial charge on any atom is 0.255 e. The van der Waals surface area contributed by atoms with Crippen molar-refractivity contribution in [3.8, 4) is 11.5 Å². The quantitative estimate of drug-likeness (QED) is 0.839. The highest BCUT2D eigenvalue weighted by Crippen LogP contribution is 2.36. The highest BCUT2D eigenvalue weighted by Gasteiger charge is 2.15. The van der Waals surface area contributed by atoms with E-state index in [9.17, 15) is 9.59 Å². The van der Waals surface area contributed by atoms with Crippen molar-refractivity contribution in [3.63, 3.8) is 0 Å². The van der Waals surface area contributed by atoms with Gasteiger partial charge in [0.15, 0.2) is 11.5 Å². The van der Waals surface area contributed by atoms with Gasteiger partial charge >= 0.3 is 0 Å². The Balaban J connectivity index is 2.17. The second-order valence-corrected chi connectivity index (χ2v) is 5.39. The molecule has 7 heteroatoms. The average molecular weight is 349 g/mol. The van der Waals surface area contributed by atoms with Gasteiger partial charge in [0.05, 0.1) is 25.7 Å². The summed E-state index contributed by atoms with van der Waals surface area (Å²) in [7, 11) is 2.93. The number of hydrogen-bond donors (Lipinski definition) is 2. The van der Waals surface area contributed by atoms with Crippen LogP contribution in [0.4, 0.5) is 5.69 Å². The third-order valence-corrected chi connectivity index (χ3v) is 3.57. The van der Waals surface area contributed by atoms with E-state index in [1.807, 2.05) is 0 Å². The lowest BCUT2D eigenvalue weighted by Gasteiger charge is -2.12. The summed E-state index contributed by atoms with van der Waals surface area (Å²) >= 11 is 6.10. The summed E-state index contributed by atoms with van der Waals surface area (Å²) in [5, 5.41) is 3.02. The average Bonchev–Trinajstić information content (AvgIpc) is 2.55. The topological polar surface area (TPSA) is 90.6 Å². The number of carbonyl (C=O) groups is 2. The van der Waals surface area contributed by atoms with Gasteiger partial charge in [-0.05, 0) is 29.8 Å². The smallest absolute Gasteiger partial charge is 0.255 e. The first-order chi connectivity index (χ1) is 11.4. The molecule has 2 rings (SSSR count). The Morgan fingerprint density at radius 2 is 1.79 bits per heavy atom. The number of rotatable bonds is 6. The molecular formula is C17H17ClN2O4. The second kappa shape index (κ2) is 7.70. The number of methoxy groups -OCH3 is 2. The van der Waals surface area contributed by atoms with Gasteiger partial charge in [-0.2, -0.15) is 0 Å². The highest BCUT2D eigenvalue weighted by atomic mass is 35.5. The molecule has 0 unspecified atom stereocenters. The van der Waals surface area contributed by atoms with Crippen LogP contribution in [0.1, 0.15) is 15.9 Å². The lowest BCUT2D eigenvalue weighted by atomic mass is 10.1. The molecular weight excluding hydrogens is 332 g/mol. The maximum absolute atomic E-state index is 12.4. The van der Waals surface area contributed by atoms with Crippen LogP contribution in [0.25, 0.3) is 0 Å². The first kappa shape index (κ1) is 17.6. The second-order valence-electron chi connectivity index (χ2n) is 4.99. The summed E-state index contributed by atoms with van der Waals surface area (Å²) < 4.78 is 10.3. The largest absolute Gasteiger partial charge is 0.493 e. The summed E-state index contributed by atoms with van der Waals surface area (Å²) in [6.45, 7) is 0. The van der Waals surface area contributed by atoms with Crippen molar-refractivity contribution in [1.29, 1.82) is 0 Å². The number of halogens is 1. The standard InChI is InChI=1S/C17H17ClN2O4/c1-23-14-9-11(8-13(18)16(14)24-2)17(22)20-12-5-3-10(4-6-12)7-15(19)21/h3-6,8-9H,7H2,1-2H3,(H2,19,21)(H,20,22). The number of primary amides is 1. The van der Waals surface area contributed by atoms with Gasteiger partial charge in [0.25, 0.3) is 5.91 Å². The number of nitrogens with two attached hydrogens (primary N) is 1. The van der Waals surface area contributed by atoms with Crippen molar-refractivity contribution in [1.82, 2.24) is 0 Å². The van der Waals surface area contributed by atoms with E-state index >= 15 is 0 Å². The normalized spacial score (nSPS) is 10.1. The number of anilines is 1. The Morgan fingerprint density at radius 1 is 1.12 bits per heavy atom. The molecule has 0 aliphatic rings. The van der Waals surface area contributed by atoms with E-state index in [1.54, 1.807) is 30.3 Å². The fraction of sp³-hybridized carbons (Fsp3) is 0.176. The van der Waals surface area contributed by atoms with E-state index in [4.69, 9.17) is 26.8 Å². The third kappa shape index (κ3) is 4.17. The molecule has 0 bridgehead atoms. The molecule has 0 aliphatic carbocycles. The van der Waals surface area contributed by atoms with Gasteiger partial charge in [-0.15, -0.1) is 0 Å². The SMILES string of the molecule is COc1cc(C(=O)Nc2ccc(CC(N)=O)cc2)cc(Cl)c1OC. The van der Waals surface area contributed by atoms with E-state index in [0.29, 0.717) is 22.7 Å². The van der Waals surface area contributed by atoms with Crippen LogP contribution in [-0.2, 0) is 11.2 Å². The van der Waals surface area contributed by atoms with Crippen molar-refractivity contribution < 1.29 is 19.1 Å². The van der Waals surface area contributed by atoms with Crippen LogP contribution in [0.5, 0.6) is 11.5 Å². The minimum Gasteiger partial charge on any atom is -0.493 e. The number of ether oxygens (including phenoxy) is 2. The maximum atomic E-state index is 12.4. The van der Waals surface area contributed by atoms with Crippen LogP contribution in [0, 0.1) is 0 Å². The minimum absolute atomic E-state index is 0.152. The summed E-state index contributed by atoms with van der Waals surface area (Å²) in [6, 6.07) is 9.88. The first-order valence-electron chi connectivity index (χ1n) is 7.04. The molecule has 24 heavy (non-hydrogen) atoms. The van der Waals surface area contributed by atoms with E-state index in [0.717, 1.165) is 5.56 Å². The molecule has 0 saturated carbocycles. The van der Waals surface area contributed by atoms with Crippen LogP contribution in [-0.4, -0.2) is 26.0 Å². The number of benzene rings is 2. The van der Waals surface area contributed by atoms with Gasteiger partial charge in [0.2, 0.25) is 5.91 Å². The molecule has 3 N–H and O–H groups in total. The predicted molar refractivity (Wildman–Crippen MR) is 91.8 cm³/mol. The highest BCUT2D eigenvalue weighted by molar-refractivity contribution is 6.32. The van der Waals surface area contributed by atoms with Crippen molar-refractivity contribution in [3.05, 3.63) is 52.5 Å². The van der Waals surface area contributed by atoms with E-state index < -0.39 is 5.91 Å². The van der Waals surface area contributed by atoms with Gasteiger partial charge in [0.1, 0.15) is 0 Å². The number of hydrogen-bond acceptors (Lipinski definition) is 4. The van der Waals surface area contributed by atoms with Crippen molar-refractivity contribution in [2.45, 2.75) is 6.42 Å². The Kier molecular flexibility index (Phi) is 5.65. The lowest BCUT2D eigenvalue weighted by molar-refractivity contribution is -0.117. The van der Waals surface area contributed by atoms with Gasteiger partial charge in [-0.1, -0.05) is 23.7 Å². The van der Waals surface area contributed by atoms with Crippen molar-refractivity contribution >= 4 is 29.1 Å². The van der Waals surface area contributed by atoms with Gasteiger partial charge < -0.3 is 20.5 Å². The van der Waals surface area contributed by atoms with Crippen LogP contribution in [0.2, 0.25) is 5.02 Å². The molecule has 0 spiro atoms. The fourth-order valence-electron chi connectivity index (χ4n) is 2.16. The number of amides is 2. The molecule has 0 aromatic heterocycles. The molecule has 2 aromatic rings. The molecule has 0 radical (unpaired) electrons. The zero-order valence-electron chi connectivity index (χ0n) is 13.3. The molecule has 0 fully saturated rings. The summed E-state index contributed by atoms with van der Waals surface area (Å²) in [6.07, 6.45) is 0.152. The predicted octanol–water partition coefficient (Wildman–Crippen LogP) is 2.64. The lowest BCUT2D eigenvalue weighted by Crippen LogP contribution is -2.14. The molecule has 0 atom stereocenters.